The van der Waals surface area contributed by atoms with Crippen molar-refractivity contribution in [3.8, 4) is 0 Å². The summed E-state index contributed by atoms with van der Waals surface area (Å²) < 4.78 is 1.71. The van der Waals surface area contributed by atoms with Crippen LogP contribution in [-0.4, -0.2) is 21.4 Å². The van der Waals surface area contributed by atoms with Gasteiger partial charge >= 0.3 is 0 Å². The van der Waals surface area contributed by atoms with Crippen LogP contribution < -0.4 is 11.1 Å². The number of carbonyl (C=O) groups excluding carboxylic acids is 1. The van der Waals surface area contributed by atoms with Crippen molar-refractivity contribution >= 4 is 29.0 Å². The molecule has 2 rings (SSSR count). The number of thioether (sulfide) groups is 1. The van der Waals surface area contributed by atoms with Crippen molar-refractivity contribution in [1.29, 1.82) is 0 Å². The zero-order valence-corrected chi connectivity index (χ0v) is 11.7. The average Bonchev–Trinajstić information content (AvgIpc) is 2.78. The van der Waals surface area contributed by atoms with Gasteiger partial charge in [-0.05, 0) is 24.6 Å². The third-order valence-electron chi connectivity index (χ3n) is 2.70. The van der Waals surface area contributed by atoms with Gasteiger partial charge in [0.1, 0.15) is 0 Å². The molecule has 0 bridgehead atoms. The van der Waals surface area contributed by atoms with Gasteiger partial charge in [-0.2, -0.15) is 5.10 Å². The van der Waals surface area contributed by atoms with Gasteiger partial charge in [0.05, 0.1) is 11.9 Å². The topological polar surface area (TPSA) is 72.9 Å². The molecular weight excluding hydrogens is 260 g/mol. The van der Waals surface area contributed by atoms with Crippen molar-refractivity contribution < 1.29 is 4.79 Å². The Balaban J connectivity index is 1.92. The maximum absolute atomic E-state index is 11.9. The lowest BCUT2D eigenvalue weighted by Crippen LogP contribution is -2.15. The Hall–Kier alpha value is -1.95. The van der Waals surface area contributed by atoms with E-state index >= 15 is 0 Å². The van der Waals surface area contributed by atoms with Gasteiger partial charge in [-0.3, -0.25) is 9.48 Å². The molecule has 0 aliphatic carbocycles. The van der Waals surface area contributed by atoms with Crippen LogP contribution in [-0.2, 0) is 11.8 Å². The average molecular weight is 276 g/mol. The molecule has 0 radical (unpaired) electrons. The van der Waals surface area contributed by atoms with E-state index in [0.717, 1.165) is 16.1 Å². The van der Waals surface area contributed by atoms with Crippen molar-refractivity contribution in [1.82, 2.24) is 9.78 Å². The minimum atomic E-state index is -0.0532. The normalized spacial score (nSPS) is 10.4. The quantitative estimate of drug-likeness (QED) is 0.662. The molecule has 1 heterocycles. The van der Waals surface area contributed by atoms with Crippen molar-refractivity contribution in [2.45, 2.75) is 11.8 Å². The highest BCUT2D eigenvalue weighted by molar-refractivity contribution is 8.00. The maximum Gasteiger partial charge on any atom is 0.234 e. The zero-order chi connectivity index (χ0) is 13.8. The first-order valence-corrected chi connectivity index (χ1v) is 6.81. The van der Waals surface area contributed by atoms with Gasteiger partial charge in [-0.15, -0.1) is 11.8 Å². The van der Waals surface area contributed by atoms with Crippen molar-refractivity contribution in [2.24, 2.45) is 7.05 Å². The number of hydrogen-bond acceptors (Lipinski definition) is 4. The molecule has 5 nitrogen and oxygen atoms in total. The van der Waals surface area contributed by atoms with Crippen LogP contribution in [0.25, 0.3) is 0 Å². The summed E-state index contributed by atoms with van der Waals surface area (Å²) in [5.41, 5.74) is 8.13. The van der Waals surface area contributed by atoms with E-state index in [0.29, 0.717) is 11.4 Å². The first kappa shape index (κ1) is 13.5. The first-order chi connectivity index (χ1) is 9.06. The lowest BCUT2D eigenvalue weighted by atomic mass is 10.1. The van der Waals surface area contributed by atoms with Crippen LogP contribution in [0.3, 0.4) is 0 Å². The summed E-state index contributed by atoms with van der Waals surface area (Å²) in [5.74, 6) is 0.294. The molecule has 0 atom stereocenters. The van der Waals surface area contributed by atoms with Gasteiger partial charge in [-0.25, -0.2) is 0 Å². The Morgan fingerprint density at radius 1 is 1.53 bits per heavy atom. The molecule has 1 aromatic heterocycles. The summed E-state index contributed by atoms with van der Waals surface area (Å²) in [6, 6.07) is 5.49. The minimum absolute atomic E-state index is 0.0532. The summed E-state index contributed by atoms with van der Waals surface area (Å²) in [6.07, 6.45) is 3.62. The second-order valence-electron chi connectivity index (χ2n) is 4.21. The largest absolute Gasteiger partial charge is 0.398 e. The molecule has 1 amide bonds. The predicted octanol–water partition coefficient (Wildman–Crippen LogP) is 2.04. The standard InChI is InChI=1S/C13H16N4OS/c1-9-11(14)4-3-5-12(9)16-13(18)8-19-10-6-15-17(2)7-10/h3-7H,8,14H2,1-2H3,(H,16,18). The monoisotopic (exact) mass is 276 g/mol. The Morgan fingerprint density at radius 2 is 2.32 bits per heavy atom. The third-order valence-corrected chi connectivity index (χ3v) is 3.65. The molecule has 0 aliphatic rings. The highest BCUT2D eigenvalue weighted by atomic mass is 32.2. The molecule has 6 heteroatoms. The number of aryl methyl sites for hydroxylation is 1. The number of carbonyl (C=O) groups is 1. The lowest BCUT2D eigenvalue weighted by Gasteiger charge is -2.09. The Bertz CT molecular complexity index is 594. The van der Waals surface area contributed by atoms with Gasteiger partial charge in [-0.1, -0.05) is 6.07 Å². The molecule has 100 valence electrons. The van der Waals surface area contributed by atoms with E-state index in [4.69, 9.17) is 5.73 Å². The number of nitrogens with one attached hydrogen (secondary N) is 1. The molecule has 0 spiro atoms. The molecule has 1 aromatic carbocycles. The number of nitrogens with zero attached hydrogens (tertiary/aromatic N) is 2. The fraction of sp³-hybridized carbons (Fsp3) is 0.231. The number of hydrogen-bond donors (Lipinski definition) is 2. The van der Waals surface area contributed by atoms with E-state index in [1.54, 1.807) is 10.9 Å². The summed E-state index contributed by atoms with van der Waals surface area (Å²) in [4.78, 5) is 12.8. The number of benzene rings is 1. The Kier molecular flexibility index (Phi) is 4.11. The first-order valence-electron chi connectivity index (χ1n) is 5.82. The molecule has 2 aromatic rings. The summed E-state index contributed by atoms with van der Waals surface area (Å²) >= 11 is 1.45. The Morgan fingerprint density at radius 3 is 3.00 bits per heavy atom. The number of amides is 1. The summed E-state index contributed by atoms with van der Waals surface area (Å²) in [7, 11) is 1.85. The van der Waals surface area contributed by atoms with Crippen LogP contribution in [0, 0.1) is 6.92 Å². The summed E-state index contributed by atoms with van der Waals surface area (Å²) in [6.45, 7) is 1.89. The van der Waals surface area contributed by atoms with E-state index in [1.807, 2.05) is 38.4 Å². The number of nitrogens with two attached hydrogens (primary N) is 1. The number of aromatic nitrogens is 2. The highest BCUT2D eigenvalue weighted by Gasteiger charge is 2.07. The van der Waals surface area contributed by atoms with E-state index in [9.17, 15) is 4.79 Å². The van der Waals surface area contributed by atoms with Gasteiger partial charge in [0, 0.05) is 29.5 Å². The van der Waals surface area contributed by atoms with E-state index in [-0.39, 0.29) is 5.91 Å². The van der Waals surface area contributed by atoms with Gasteiger partial charge in [0.15, 0.2) is 0 Å². The maximum atomic E-state index is 11.9. The minimum Gasteiger partial charge on any atom is -0.398 e. The predicted molar refractivity (Wildman–Crippen MR) is 78.2 cm³/mol. The molecule has 0 saturated carbocycles. The van der Waals surface area contributed by atoms with Gasteiger partial charge < -0.3 is 11.1 Å². The molecule has 19 heavy (non-hydrogen) atoms. The molecule has 0 aliphatic heterocycles. The van der Waals surface area contributed by atoms with Crippen LogP contribution in [0.5, 0.6) is 0 Å². The third kappa shape index (κ3) is 3.51. The summed E-state index contributed by atoms with van der Waals surface area (Å²) in [5, 5.41) is 6.91. The van der Waals surface area contributed by atoms with Crippen LogP contribution in [0.1, 0.15) is 5.56 Å². The highest BCUT2D eigenvalue weighted by Crippen LogP contribution is 2.21. The van der Waals surface area contributed by atoms with Crippen LogP contribution in [0.4, 0.5) is 11.4 Å². The number of rotatable bonds is 4. The fourth-order valence-corrected chi connectivity index (χ4v) is 2.32. The molecule has 0 saturated heterocycles. The van der Waals surface area contributed by atoms with Crippen LogP contribution >= 0.6 is 11.8 Å². The van der Waals surface area contributed by atoms with Crippen LogP contribution in [0.2, 0.25) is 0 Å². The molecular formula is C13H16N4OS. The van der Waals surface area contributed by atoms with Gasteiger partial charge in [0.2, 0.25) is 5.91 Å². The number of nitrogen functional groups attached to an aromatic ring is 1. The van der Waals surface area contributed by atoms with Gasteiger partial charge in [0.25, 0.3) is 0 Å². The van der Waals surface area contributed by atoms with Crippen molar-refractivity contribution in [3.05, 3.63) is 36.2 Å². The lowest BCUT2D eigenvalue weighted by molar-refractivity contribution is -0.113. The molecule has 3 N–H and O–H groups in total. The second kappa shape index (κ2) is 5.79. The van der Waals surface area contributed by atoms with E-state index in [1.165, 1.54) is 11.8 Å². The SMILES string of the molecule is Cc1c(N)cccc1NC(=O)CSc1cnn(C)c1. The van der Waals surface area contributed by atoms with Crippen LogP contribution in [0.15, 0.2) is 35.5 Å². The zero-order valence-electron chi connectivity index (χ0n) is 10.9. The van der Waals surface area contributed by atoms with Crippen molar-refractivity contribution in [3.63, 3.8) is 0 Å². The molecule has 0 fully saturated rings. The van der Waals surface area contributed by atoms with E-state index in [2.05, 4.69) is 10.4 Å². The Labute approximate surface area is 116 Å². The number of anilines is 2. The van der Waals surface area contributed by atoms with Crippen molar-refractivity contribution in [2.75, 3.05) is 16.8 Å². The molecule has 0 unspecified atom stereocenters. The smallest absolute Gasteiger partial charge is 0.234 e. The van der Waals surface area contributed by atoms with E-state index < -0.39 is 0 Å². The fourth-order valence-electron chi connectivity index (χ4n) is 1.60. The second-order valence-corrected chi connectivity index (χ2v) is 5.26.